The fourth-order valence-electron chi connectivity index (χ4n) is 2.34. The van der Waals surface area contributed by atoms with E-state index in [4.69, 9.17) is 16.6 Å². The van der Waals surface area contributed by atoms with Crippen molar-refractivity contribution in [2.45, 2.75) is 19.5 Å². The quantitative estimate of drug-likeness (QED) is 0.273. The second-order valence-electron chi connectivity index (χ2n) is 5.96. The van der Waals surface area contributed by atoms with E-state index in [-0.39, 0.29) is 41.3 Å². The second kappa shape index (κ2) is 9.45. The van der Waals surface area contributed by atoms with Crippen LogP contribution in [0.2, 0.25) is 0 Å². The molecule has 0 saturated heterocycles. The third-order valence-electron chi connectivity index (χ3n) is 3.84. The molecule has 3 aromatic rings. The summed E-state index contributed by atoms with van der Waals surface area (Å²) in [4.78, 5) is 39.2. The summed E-state index contributed by atoms with van der Waals surface area (Å²) in [7, 11) is 0. The van der Waals surface area contributed by atoms with Crippen molar-refractivity contribution in [3.63, 3.8) is 0 Å². The molecular weight excluding hydrogens is 387 g/mol. The number of carbonyl (C=O) groups is 2. The van der Waals surface area contributed by atoms with Gasteiger partial charge >= 0.3 is 35.5 Å². The van der Waals surface area contributed by atoms with E-state index < -0.39 is 17.9 Å². The number of anilines is 3. The van der Waals surface area contributed by atoms with Crippen LogP contribution in [0, 0.1) is 0 Å². The molecule has 1 atom stereocenters. The van der Waals surface area contributed by atoms with Crippen molar-refractivity contribution in [2.75, 3.05) is 16.8 Å². The second-order valence-corrected chi connectivity index (χ2v) is 5.96. The monoisotopic (exact) mass is 405 g/mol. The molecule has 144 valence electrons. The van der Waals surface area contributed by atoms with Crippen LogP contribution in [0.25, 0.3) is 11.2 Å². The molecule has 2 heterocycles. The van der Waals surface area contributed by atoms with Crippen LogP contribution < -0.4 is 51.7 Å². The Morgan fingerprint density at radius 3 is 2.48 bits per heavy atom. The summed E-state index contributed by atoms with van der Waals surface area (Å²) in [6.07, 6.45) is 1.55. The number of hydrogen-bond donors (Lipinski definition) is 5. The first-order valence-electron chi connectivity index (χ1n) is 8.25. The van der Waals surface area contributed by atoms with Gasteiger partial charge in [-0.25, -0.2) is 9.97 Å². The van der Waals surface area contributed by atoms with Crippen molar-refractivity contribution in [2.24, 2.45) is 0 Å². The molecule has 0 fully saturated rings. The number of nitrogens with zero attached hydrogens (tertiary/aromatic N) is 4. The van der Waals surface area contributed by atoms with E-state index >= 15 is 0 Å². The number of nitrogen functional groups attached to an aromatic ring is 2. The van der Waals surface area contributed by atoms with Crippen LogP contribution in [0.3, 0.4) is 0 Å². The van der Waals surface area contributed by atoms with Gasteiger partial charge in [0, 0.05) is 11.3 Å². The SMILES string of the molecule is CC(NC(=O)c1ccc(NCc2cnc3nc(N)nc(N)c3n2)cc1)C(=O)O.[Na+]. The van der Waals surface area contributed by atoms with Gasteiger partial charge in [-0.05, 0) is 31.2 Å². The zero-order chi connectivity index (χ0) is 20.3. The third kappa shape index (κ3) is 5.50. The van der Waals surface area contributed by atoms with E-state index in [1.165, 1.54) is 6.92 Å². The van der Waals surface area contributed by atoms with Crippen LogP contribution in [-0.4, -0.2) is 43.0 Å². The van der Waals surface area contributed by atoms with Gasteiger partial charge in [0.15, 0.2) is 17.0 Å². The minimum atomic E-state index is -1.10. The van der Waals surface area contributed by atoms with Crippen LogP contribution in [0.4, 0.5) is 17.5 Å². The van der Waals surface area contributed by atoms with Crippen LogP contribution in [0.15, 0.2) is 30.5 Å². The molecule has 1 amide bonds. The average molecular weight is 405 g/mol. The number of hydrogen-bond acceptors (Lipinski definition) is 9. The Balaban J connectivity index is 0.00000300. The molecule has 1 aromatic carbocycles. The molecule has 11 nitrogen and oxygen atoms in total. The summed E-state index contributed by atoms with van der Waals surface area (Å²) in [6, 6.07) is 5.61. The Bertz CT molecular complexity index is 1040. The molecule has 3 rings (SSSR count). The Labute approximate surface area is 187 Å². The third-order valence-corrected chi connectivity index (χ3v) is 3.84. The zero-order valence-electron chi connectivity index (χ0n) is 15.9. The molecule has 0 bridgehead atoms. The molecule has 7 N–H and O–H groups in total. The van der Waals surface area contributed by atoms with Crippen LogP contribution in [0.5, 0.6) is 0 Å². The summed E-state index contributed by atoms with van der Waals surface area (Å²) in [5.41, 5.74) is 13.7. The van der Waals surface area contributed by atoms with E-state index in [9.17, 15) is 9.59 Å². The smallest absolute Gasteiger partial charge is 0.480 e. The summed E-state index contributed by atoms with van der Waals surface area (Å²) in [6.45, 7) is 1.75. The van der Waals surface area contributed by atoms with Gasteiger partial charge in [-0.1, -0.05) is 0 Å². The van der Waals surface area contributed by atoms with Crippen molar-refractivity contribution in [3.8, 4) is 0 Å². The van der Waals surface area contributed by atoms with Crippen molar-refractivity contribution in [3.05, 3.63) is 41.7 Å². The predicted octanol–water partition coefficient (Wildman–Crippen LogP) is -2.60. The number of carbonyl (C=O) groups excluding carboxylic acids is 1. The molecule has 12 heteroatoms. The molecule has 0 aliphatic carbocycles. The number of carboxylic acids is 1. The predicted molar refractivity (Wildman–Crippen MR) is 102 cm³/mol. The van der Waals surface area contributed by atoms with Gasteiger partial charge < -0.3 is 27.2 Å². The number of fused-ring (bicyclic) bond motifs is 1. The van der Waals surface area contributed by atoms with Gasteiger partial charge in [0.1, 0.15) is 6.04 Å². The van der Waals surface area contributed by atoms with Gasteiger partial charge in [-0.3, -0.25) is 9.59 Å². The van der Waals surface area contributed by atoms with Gasteiger partial charge in [-0.15, -0.1) is 0 Å². The molecule has 0 aliphatic rings. The van der Waals surface area contributed by atoms with Gasteiger partial charge in [0.2, 0.25) is 5.95 Å². The first-order chi connectivity index (χ1) is 13.3. The normalized spacial score (nSPS) is 11.3. The summed E-state index contributed by atoms with van der Waals surface area (Å²) >= 11 is 0. The van der Waals surface area contributed by atoms with Gasteiger partial charge in [0.05, 0.1) is 18.4 Å². The van der Waals surface area contributed by atoms with Crippen molar-refractivity contribution in [1.82, 2.24) is 25.3 Å². The zero-order valence-corrected chi connectivity index (χ0v) is 17.9. The number of aliphatic carboxylic acids is 1. The van der Waals surface area contributed by atoms with E-state index in [1.807, 2.05) is 0 Å². The van der Waals surface area contributed by atoms with E-state index in [0.717, 1.165) is 5.69 Å². The maximum atomic E-state index is 12.0. The number of aromatic nitrogens is 4. The Kier molecular flexibility index (Phi) is 7.26. The maximum absolute atomic E-state index is 12.0. The number of nitrogens with one attached hydrogen (secondary N) is 2. The summed E-state index contributed by atoms with van der Waals surface area (Å²) in [5, 5.41) is 14.4. The molecule has 0 spiro atoms. The number of nitrogens with two attached hydrogens (primary N) is 2. The Morgan fingerprint density at radius 1 is 1.14 bits per heavy atom. The molecule has 2 aromatic heterocycles. The molecule has 1 unspecified atom stereocenters. The van der Waals surface area contributed by atoms with Crippen molar-refractivity contribution < 1.29 is 44.3 Å². The Hall–Kier alpha value is -3.02. The van der Waals surface area contributed by atoms with Crippen LogP contribution in [0.1, 0.15) is 23.0 Å². The van der Waals surface area contributed by atoms with Crippen LogP contribution >= 0.6 is 0 Å². The van der Waals surface area contributed by atoms with E-state index in [1.54, 1.807) is 30.5 Å². The largest absolute Gasteiger partial charge is 1.00 e. The molecular formula is C17H18N8NaO3+. The summed E-state index contributed by atoms with van der Waals surface area (Å²) in [5.74, 6) is -1.37. The fraction of sp³-hybridized carbons (Fsp3) is 0.176. The van der Waals surface area contributed by atoms with Gasteiger partial charge in [-0.2, -0.15) is 9.97 Å². The average Bonchev–Trinajstić information content (AvgIpc) is 2.66. The van der Waals surface area contributed by atoms with Crippen molar-refractivity contribution >= 4 is 40.5 Å². The van der Waals surface area contributed by atoms with E-state index in [2.05, 4.69) is 30.6 Å². The number of benzene rings is 1. The Morgan fingerprint density at radius 2 is 1.83 bits per heavy atom. The minimum Gasteiger partial charge on any atom is -0.480 e. The fourth-order valence-corrected chi connectivity index (χ4v) is 2.34. The van der Waals surface area contributed by atoms with Gasteiger partial charge in [0.25, 0.3) is 5.91 Å². The molecule has 0 radical (unpaired) electrons. The standard InChI is InChI=1S/C17H18N8O3.Na/c1-8(16(27)28)22-15(26)9-2-4-10(5-3-9)20-6-11-7-21-14-12(23-11)13(18)24-17(19)25-14;/h2-5,7-8,20H,6H2,1H3,(H,22,26)(H,27,28)(H4,18,19,21,24,25);/q;+1. The molecule has 0 saturated carbocycles. The van der Waals surface area contributed by atoms with Crippen molar-refractivity contribution in [1.29, 1.82) is 0 Å². The maximum Gasteiger partial charge on any atom is 1.00 e. The number of carboxylic acid groups (broad SMARTS) is 1. The molecule has 29 heavy (non-hydrogen) atoms. The first-order valence-corrected chi connectivity index (χ1v) is 8.25. The number of amides is 1. The summed E-state index contributed by atoms with van der Waals surface area (Å²) < 4.78 is 0. The first kappa shape index (κ1) is 22.3. The number of rotatable bonds is 6. The topological polar surface area (TPSA) is 182 Å². The minimum absolute atomic E-state index is 0. The van der Waals surface area contributed by atoms with E-state index in [0.29, 0.717) is 29.0 Å². The molecule has 0 aliphatic heterocycles. The van der Waals surface area contributed by atoms with Crippen LogP contribution in [-0.2, 0) is 11.3 Å².